The van der Waals surface area contributed by atoms with E-state index in [1.54, 1.807) is 19.3 Å². The van der Waals surface area contributed by atoms with E-state index in [4.69, 9.17) is 26.0 Å². The third-order valence-electron chi connectivity index (χ3n) is 8.91. The van der Waals surface area contributed by atoms with Gasteiger partial charge in [-0.1, -0.05) is 18.2 Å². The summed E-state index contributed by atoms with van der Waals surface area (Å²) >= 11 is 0. The van der Waals surface area contributed by atoms with Gasteiger partial charge in [-0.05, 0) is 63.9 Å². The molecule has 1 amide bonds. The predicted molar refractivity (Wildman–Crippen MR) is 164 cm³/mol. The molecule has 2 atom stereocenters. The number of rotatable bonds is 9. The number of hydrogen-bond donors (Lipinski definition) is 0. The van der Waals surface area contributed by atoms with Crippen LogP contribution in [-0.2, 0) is 22.5 Å². The first-order chi connectivity index (χ1) is 20.4. The second kappa shape index (κ2) is 13.5. The SMILES string of the molecule is [C-]#[N+]C[C@H]1CN(c2nc(OC[C@@H]3CCCN3C)nc3c2CCN(c2cccc(C)c2C)C3)CCN1C(=O)/C=C/COC. The molecular weight excluding hydrogens is 530 g/mol. The lowest BCUT2D eigenvalue weighted by molar-refractivity contribution is -0.128. The molecule has 1 aromatic carbocycles. The first-order valence-electron chi connectivity index (χ1n) is 15.0. The number of hydrogen-bond acceptors (Lipinski definition) is 8. The number of anilines is 2. The lowest BCUT2D eigenvalue weighted by atomic mass is 10.0. The topological polar surface area (TPSA) is 78.6 Å². The Morgan fingerprint density at radius 1 is 1.14 bits per heavy atom. The van der Waals surface area contributed by atoms with Gasteiger partial charge in [-0.15, -0.1) is 0 Å². The first-order valence-corrected chi connectivity index (χ1v) is 15.0. The quantitative estimate of drug-likeness (QED) is 0.334. The molecule has 0 unspecified atom stereocenters. The van der Waals surface area contributed by atoms with Crippen LogP contribution in [0.3, 0.4) is 0 Å². The Labute approximate surface area is 249 Å². The van der Waals surface area contributed by atoms with Gasteiger partial charge in [0.15, 0.2) is 0 Å². The van der Waals surface area contributed by atoms with E-state index in [1.165, 1.54) is 23.2 Å². The van der Waals surface area contributed by atoms with Crippen molar-refractivity contribution in [1.29, 1.82) is 0 Å². The maximum absolute atomic E-state index is 13.0. The van der Waals surface area contributed by atoms with E-state index in [1.807, 2.05) is 4.90 Å². The van der Waals surface area contributed by atoms with Gasteiger partial charge in [0, 0.05) is 56.7 Å². The second-order valence-electron chi connectivity index (χ2n) is 11.6. The number of fused-ring (bicyclic) bond motifs is 1. The highest BCUT2D eigenvalue weighted by atomic mass is 16.5. The lowest BCUT2D eigenvalue weighted by Gasteiger charge is -2.41. The van der Waals surface area contributed by atoms with Gasteiger partial charge >= 0.3 is 6.01 Å². The third-order valence-corrected chi connectivity index (χ3v) is 8.91. The van der Waals surface area contributed by atoms with E-state index < -0.39 is 0 Å². The number of benzene rings is 1. The van der Waals surface area contributed by atoms with Crippen LogP contribution in [0.1, 0.15) is 35.2 Å². The average Bonchev–Trinajstić information content (AvgIpc) is 3.41. The van der Waals surface area contributed by atoms with Gasteiger partial charge in [0.2, 0.25) is 12.5 Å². The number of carbonyl (C=O) groups excluding carboxylic acids is 1. The summed E-state index contributed by atoms with van der Waals surface area (Å²) in [5.74, 6) is 0.798. The van der Waals surface area contributed by atoms with Crippen LogP contribution < -0.4 is 14.5 Å². The molecule has 2 aromatic rings. The monoisotopic (exact) mass is 573 g/mol. The van der Waals surface area contributed by atoms with E-state index in [9.17, 15) is 4.79 Å². The maximum Gasteiger partial charge on any atom is 0.318 e. The average molecular weight is 574 g/mol. The van der Waals surface area contributed by atoms with Crippen molar-refractivity contribution in [3.8, 4) is 6.01 Å². The van der Waals surface area contributed by atoms with Gasteiger partial charge < -0.3 is 33.9 Å². The highest BCUT2D eigenvalue weighted by molar-refractivity contribution is 5.88. The van der Waals surface area contributed by atoms with Crippen LogP contribution in [0.5, 0.6) is 6.01 Å². The molecule has 3 aliphatic heterocycles. The van der Waals surface area contributed by atoms with Crippen LogP contribution in [0.15, 0.2) is 30.4 Å². The molecule has 224 valence electrons. The second-order valence-corrected chi connectivity index (χ2v) is 11.6. The van der Waals surface area contributed by atoms with Crippen molar-refractivity contribution in [2.45, 2.75) is 51.7 Å². The van der Waals surface area contributed by atoms with Gasteiger partial charge in [-0.2, -0.15) is 9.97 Å². The summed E-state index contributed by atoms with van der Waals surface area (Å²) in [5, 5.41) is 0. The Morgan fingerprint density at radius 3 is 2.76 bits per heavy atom. The summed E-state index contributed by atoms with van der Waals surface area (Å²) in [6.45, 7) is 17.4. The number of amides is 1. The number of piperazine rings is 1. The van der Waals surface area contributed by atoms with Crippen LogP contribution in [0.25, 0.3) is 4.85 Å². The van der Waals surface area contributed by atoms with Gasteiger partial charge in [-0.25, -0.2) is 6.57 Å². The highest BCUT2D eigenvalue weighted by Crippen LogP contribution is 2.34. The Kier molecular flexibility index (Phi) is 9.60. The molecule has 0 bridgehead atoms. The maximum atomic E-state index is 13.0. The lowest BCUT2D eigenvalue weighted by Crippen LogP contribution is -2.56. The number of aryl methyl sites for hydroxylation is 1. The standard InChI is InChI=1S/C32H43N7O3/c1-23-9-6-11-29(24(23)2)37-15-13-27-28(21-37)34-32(42-22-25-10-7-14-36(25)4)35-31(27)38-16-17-39(26(20-38)19-33-3)30(40)12-8-18-41-5/h6,8-9,11-12,25-26H,7,10,13-22H2,1-2,4-5H3/b12-8+/t25-,26-/m0/s1. The van der Waals surface area contributed by atoms with Gasteiger partial charge in [0.1, 0.15) is 18.5 Å². The minimum Gasteiger partial charge on any atom is -0.462 e. The number of likely N-dealkylation sites (tertiary alicyclic amines) is 1. The molecule has 0 N–H and O–H groups in total. The Morgan fingerprint density at radius 2 is 2.00 bits per heavy atom. The molecule has 2 saturated heterocycles. The summed E-state index contributed by atoms with van der Waals surface area (Å²) < 4.78 is 11.3. The molecule has 5 rings (SSSR count). The zero-order valence-electron chi connectivity index (χ0n) is 25.4. The number of nitrogens with zero attached hydrogens (tertiary/aromatic N) is 7. The molecule has 0 radical (unpaired) electrons. The summed E-state index contributed by atoms with van der Waals surface area (Å²) in [6.07, 6.45) is 6.38. The van der Waals surface area contributed by atoms with E-state index in [0.717, 1.165) is 43.0 Å². The van der Waals surface area contributed by atoms with Crippen molar-refractivity contribution in [2.24, 2.45) is 0 Å². The number of likely N-dealkylation sites (N-methyl/N-ethyl adjacent to an activating group) is 1. The van der Waals surface area contributed by atoms with E-state index >= 15 is 0 Å². The minimum absolute atomic E-state index is 0.0843. The van der Waals surface area contributed by atoms with Crippen molar-refractivity contribution < 1.29 is 14.3 Å². The molecule has 42 heavy (non-hydrogen) atoms. The highest BCUT2D eigenvalue weighted by Gasteiger charge is 2.35. The van der Waals surface area contributed by atoms with E-state index in [0.29, 0.717) is 51.4 Å². The van der Waals surface area contributed by atoms with Crippen LogP contribution >= 0.6 is 0 Å². The zero-order valence-corrected chi connectivity index (χ0v) is 25.4. The molecular formula is C32H43N7O3. The molecule has 2 fully saturated rings. The molecule has 1 aromatic heterocycles. The Bertz CT molecular complexity index is 1340. The Balaban J connectivity index is 1.43. The molecule has 3 aliphatic rings. The molecule has 10 heteroatoms. The van der Waals surface area contributed by atoms with Gasteiger partial charge in [0.05, 0.1) is 18.8 Å². The van der Waals surface area contributed by atoms with Gasteiger partial charge in [-0.3, -0.25) is 4.79 Å². The van der Waals surface area contributed by atoms with Crippen molar-refractivity contribution in [3.05, 3.63) is 64.2 Å². The zero-order chi connectivity index (χ0) is 29.6. The van der Waals surface area contributed by atoms with Crippen LogP contribution in [-0.4, -0.2) is 104 Å². The third kappa shape index (κ3) is 6.53. The first kappa shape index (κ1) is 29.8. The van der Waals surface area contributed by atoms with Crippen molar-refractivity contribution >= 4 is 17.4 Å². The number of carbonyl (C=O) groups is 1. The van der Waals surface area contributed by atoms with Crippen molar-refractivity contribution in [3.63, 3.8) is 0 Å². The van der Waals surface area contributed by atoms with Crippen molar-refractivity contribution in [1.82, 2.24) is 19.8 Å². The van der Waals surface area contributed by atoms with Crippen molar-refractivity contribution in [2.75, 3.05) is 76.4 Å². The Hall–Kier alpha value is -3.68. The molecule has 0 saturated carbocycles. The molecule has 4 heterocycles. The smallest absolute Gasteiger partial charge is 0.318 e. The normalized spacial score (nSPS) is 21.1. The molecule has 0 aliphatic carbocycles. The predicted octanol–water partition coefficient (Wildman–Crippen LogP) is 3.27. The number of ether oxygens (including phenoxy) is 2. The number of methoxy groups -OCH3 is 1. The van der Waals surface area contributed by atoms with Crippen LogP contribution in [0, 0.1) is 20.4 Å². The summed E-state index contributed by atoms with van der Waals surface area (Å²) in [5.41, 5.74) is 5.94. The summed E-state index contributed by atoms with van der Waals surface area (Å²) in [6, 6.07) is 7.01. The minimum atomic E-state index is -0.229. The van der Waals surface area contributed by atoms with Crippen LogP contribution in [0.4, 0.5) is 11.5 Å². The van der Waals surface area contributed by atoms with Crippen LogP contribution in [0.2, 0.25) is 0 Å². The van der Waals surface area contributed by atoms with E-state index in [-0.39, 0.29) is 18.5 Å². The van der Waals surface area contributed by atoms with E-state index in [2.05, 4.69) is 58.6 Å². The fraction of sp³-hybridized carbons (Fsp3) is 0.562. The fourth-order valence-corrected chi connectivity index (χ4v) is 6.30. The fourth-order valence-electron chi connectivity index (χ4n) is 6.30. The molecule has 10 nitrogen and oxygen atoms in total. The number of aromatic nitrogens is 2. The summed E-state index contributed by atoms with van der Waals surface area (Å²) in [7, 11) is 3.74. The molecule has 0 spiro atoms. The van der Waals surface area contributed by atoms with Gasteiger partial charge in [0.25, 0.3) is 0 Å². The summed E-state index contributed by atoms with van der Waals surface area (Å²) in [4.78, 5) is 35.4. The largest absolute Gasteiger partial charge is 0.462 e.